The molecular formula is C17H22N4O4. The van der Waals surface area contributed by atoms with Crippen LogP contribution in [0.1, 0.15) is 38.5 Å². The van der Waals surface area contributed by atoms with Crippen LogP contribution in [0.3, 0.4) is 0 Å². The zero-order valence-electron chi connectivity index (χ0n) is 13.9. The fourth-order valence-corrected chi connectivity index (χ4v) is 4.73. The molecule has 4 fully saturated rings. The fraction of sp³-hybridized carbons (Fsp3) is 0.706. The highest BCUT2D eigenvalue weighted by atomic mass is 16.6. The van der Waals surface area contributed by atoms with Gasteiger partial charge in [0, 0.05) is 6.07 Å². The maximum atomic E-state index is 11.4. The summed E-state index contributed by atoms with van der Waals surface area (Å²) in [6.07, 6.45) is 7.18. The van der Waals surface area contributed by atoms with Crippen LogP contribution in [-0.2, 0) is 9.47 Å². The molecule has 0 aliphatic carbocycles. The molecule has 4 aliphatic heterocycles. The number of nitrogens with one attached hydrogen (secondary N) is 2. The van der Waals surface area contributed by atoms with Gasteiger partial charge in [-0.2, -0.15) is 0 Å². The van der Waals surface area contributed by atoms with Gasteiger partial charge in [0.2, 0.25) is 5.82 Å². The largest absolute Gasteiger partial charge is 0.373 e. The van der Waals surface area contributed by atoms with Crippen LogP contribution < -0.4 is 10.6 Å². The number of nitrogens with zero attached hydrogens (tertiary/aromatic N) is 2. The Balaban J connectivity index is 1.35. The number of fused-ring (bicyclic) bond motifs is 4. The molecule has 134 valence electrons. The lowest BCUT2D eigenvalue weighted by atomic mass is 9.95. The third-order valence-corrected chi connectivity index (χ3v) is 5.94. The quantitative estimate of drug-likeness (QED) is 0.624. The topological polar surface area (TPSA) is 98.6 Å². The smallest absolute Gasteiger partial charge is 0.311 e. The zero-order valence-corrected chi connectivity index (χ0v) is 13.9. The summed E-state index contributed by atoms with van der Waals surface area (Å²) in [5.41, 5.74) is 0.0116. The van der Waals surface area contributed by atoms with E-state index in [-0.39, 0.29) is 41.0 Å². The van der Waals surface area contributed by atoms with E-state index in [1.165, 1.54) is 6.07 Å². The third-order valence-electron chi connectivity index (χ3n) is 5.94. The second kappa shape index (κ2) is 5.81. The summed E-state index contributed by atoms with van der Waals surface area (Å²) in [4.78, 5) is 15.5. The maximum Gasteiger partial charge on any atom is 0.311 e. The van der Waals surface area contributed by atoms with Crippen LogP contribution in [0, 0.1) is 10.1 Å². The van der Waals surface area contributed by atoms with Gasteiger partial charge in [-0.15, -0.1) is 0 Å². The van der Waals surface area contributed by atoms with Gasteiger partial charge in [0.1, 0.15) is 5.82 Å². The number of hydrogen-bond acceptors (Lipinski definition) is 7. The van der Waals surface area contributed by atoms with Gasteiger partial charge < -0.3 is 20.1 Å². The van der Waals surface area contributed by atoms with E-state index in [9.17, 15) is 10.1 Å². The Morgan fingerprint density at radius 1 is 1.00 bits per heavy atom. The van der Waals surface area contributed by atoms with Gasteiger partial charge in [-0.05, 0) is 44.6 Å². The van der Waals surface area contributed by atoms with Gasteiger partial charge in [0.25, 0.3) is 0 Å². The molecule has 0 spiro atoms. The van der Waals surface area contributed by atoms with Gasteiger partial charge in [-0.3, -0.25) is 10.1 Å². The Labute approximate surface area is 145 Å². The Hall–Kier alpha value is -1.93. The molecule has 4 unspecified atom stereocenters. The van der Waals surface area contributed by atoms with Gasteiger partial charge in [-0.25, -0.2) is 4.98 Å². The van der Waals surface area contributed by atoms with E-state index in [4.69, 9.17) is 9.47 Å². The van der Waals surface area contributed by atoms with Crippen molar-refractivity contribution in [1.82, 2.24) is 4.98 Å². The second-order valence-electron chi connectivity index (χ2n) is 7.54. The SMILES string of the molecule is O=[N+]([O-])c1ccc(N[C@H]2CC3CCC2O3)nc1N[C@H]1CC2CCC1O2. The molecule has 2 N–H and O–H groups in total. The standard InChI is InChI=1S/C17H22N4O4/c22-21(23)13-3-6-16(18-11-7-9-1-4-14(11)24-9)20-17(13)19-12-8-10-2-5-15(12)25-10/h3,6,9-12,14-15H,1-2,4-5,7-8H2,(H2,18,19,20)/t9?,10?,11-,12-,14?,15?/m0/s1. The molecular weight excluding hydrogens is 324 g/mol. The summed E-state index contributed by atoms with van der Waals surface area (Å²) in [5, 5.41) is 18.0. The highest BCUT2D eigenvalue weighted by molar-refractivity contribution is 5.61. The van der Waals surface area contributed by atoms with Crippen LogP contribution in [0.25, 0.3) is 0 Å². The molecule has 0 aromatic carbocycles. The van der Waals surface area contributed by atoms with Crippen molar-refractivity contribution < 1.29 is 14.4 Å². The van der Waals surface area contributed by atoms with Crippen molar-refractivity contribution in [3.63, 3.8) is 0 Å². The van der Waals surface area contributed by atoms with Crippen molar-refractivity contribution in [2.45, 2.75) is 75.0 Å². The first-order valence-corrected chi connectivity index (χ1v) is 9.15. The molecule has 8 nitrogen and oxygen atoms in total. The molecule has 8 heteroatoms. The summed E-state index contributed by atoms with van der Waals surface area (Å²) >= 11 is 0. The van der Waals surface area contributed by atoms with Crippen molar-refractivity contribution in [1.29, 1.82) is 0 Å². The first-order chi connectivity index (χ1) is 12.2. The number of hydrogen-bond donors (Lipinski definition) is 2. The van der Waals surface area contributed by atoms with E-state index in [1.807, 2.05) is 0 Å². The molecule has 0 radical (unpaired) electrons. The molecule has 1 aromatic heterocycles. The van der Waals surface area contributed by atoms with E-state index in [0.29, 0.717) is 17.7 Å². The number of rotatable bonds is 5. The maximum absolute atomic E-state index is 11.4. The van der Waals surface area contributed by atoms with Gasteiger partial charge in [0.15, 0.2) is 0 Å². The molecule has 5 heterocycles. The van der Waals surface area contributed by atoms with Crippen LogP contribution in [-0.4, -0.2) is 46.4 Å². The average Bonchev–Trinajstić information content (AvgIpc) is 3.36. The molecule has 4 aliphatic rings. The van der Waals surface area contributed by atoms with Gasteiger partial charge >= 0.3 is 5.69 Å². The third kappa shape index (κ3) is 2.73. The molecule has 4 bridgehead atoms. The molecule has 4 saturated heterocycles. The van der Waals surface area contributed by atoms with Crippen LogP contribution in [0.5, 0.6) is 0 Å². The lowest BCUT2D eigenvalue weighted by Gasteiger charge is -2.23. The number of ether oxygens (including phenoxy) is 2. The minimum absolute atomic E-state index is 0.0116. The predicted octanol–water partition coefficient (Wildman–Crippen LogP) is 2.45. The molecule has 1 aromatic rings. The Morgan fingerprint density at radius 2 is 1.64 bits per heavy atom. The molecule has 6 atom stereocenters. The van der Waals surface area contributed by atoms with Crippen molar-refractivity contribution in [3.05, 3.63) is 22.2 Å². The molecule has 25 heavy (non-hydrogen) atoms. The summed E-state index contributed by atoms with van der Waals surface area (Å²) in [7, 11) is 0. The first-order valence-electron chi connectivity index (χ1n) is 9.15. The Kier molecular flexibility index (Phi) is 3.56. The fourth-order valence-electron chi connectivity index (χ4n) is 4.73. The number of aromatic nitrogens is 1. The van der Waals surface area contributed by atoms with E-state index in [2.05, 4.69) is 15.6 Å². The van der Waals surface area contributed by atoms with E-state index in [0.717, 1.165) is 38.5 Å². The Morgan fingerprint density at radius 3 is 2.16 bits per heavy atom. The highest BCUT2D eigenvalue weighted by Crippen LogP contribution is 2.38. The van der Waals surface area contributed by atoms with E-state index < -0.39 is 0 Å². The number of pyridine rings is 1. The average molecular weight is 346 g/mol. The van der Waals surface area contributed by atoms with Crippen LogP contribution in [0.2, 0.25) is 0 Å². The molecule has 0 saturated carbocycles. The van der Waals surface area contributed by atoms with Crippen molar-refractivity contribution in [3.8, 4) is 0 Å². The van der Waals surface area contributed by atoms with Gasteiger partial charge in [0.05, 0.1) is 41.4 Å². The molecule has 5 rings (SSSR count). The van der Waals surface area contributed by atoms with Crippen molar-refractivity contribution >= 4 is 17.3 Å². The lowest BCUT2D eigenvalue weighted by Crippen LogP contribution is -2.32. The van der Waals surface area contributed by atoms with Crippen LogP contribution in [0.15, 0.2) is 12.1 Å². The number of anilines is 2. The monoisotopic (exact) mass is 346 g/mol. The van der Waals surface area contributed by atoms with Crippen molar-refractivity contribution in [2.24, 2.45) is 0 Å². The van der Waals surface area contributed by atoms with Crippen LogP contribution in [0.4, 0.5) is 17.3 Å². The second-order valence-corrected chi connectivity index (χ2v) is 7.54. The predicted molar refractivity (Wildman–Crippen MR) is 90.7 cm³/mol. The minimum Gasteiger partial charge on any atom is -0.373 e. The molecule has 0 amide bonds. The highest BCUT2D eigenvalue weighted by Gasteiger charge is 2.42. The van der Waals surface area contributed by atoms with Gasteiger partial charge in [-0.1, -0.05) is 0 Å². The lowest BCUT2D eigenvalue weighted by molar-refractivity contribution is -0.384. The zero-order chi connectivity index (χ0) is 17.0. The summed E-state index contributed by atoms with van der Waals surface area (Å²) in [6.45, 7) is 0. The summed E-state index contributed by atoms with van der Waals surface area (Å²) in [5.74, 6) is 0.999. The Bertz CT molecular complexity index is 699. The normalized spacial score (nSPS) is 38.2. The summed E-state index contributed by atoms with van der Waals surface area (Å²) in [6, 6.07) is 3.56. The first kappa shape index (κ1) is 15.3. The van der Waals surface area contributed by atoms with Crippen LogP contribution >= 0.6 is 0 Å². The van der Waals surface area contributed by atoms with E-state index >= 15 is 0 Å². The van der Waals surface area contributed by atoms with Crippen molar-refractivity contribution in [2.75, 3.05) is 10.6 Å². The number of nitro groups is 1. The minimum atomic E-state index is -0.381. The summed E-state index contributed by atoms with van der Waals surface area (Å²) < 4.78 is 11.7. The van der Waals surface area contributed by atoms with E-state index in [1.54, 1.807) is 6.07 Å².